The summed E-state index contributed by atoms with van der Waals surface area (Å²) in [5.74, 6) is 0.788. The molecule has 1 saturated carbocycles. The van der Waals surface area contributed by atoms with Crippen molar-refractivity contribution < 1.29 is 9.53 Å². The number of carbonyl (C=O) groups is 1. The van der Waals surface area contributed by atoms with Gasteiger partial charge in [-0.2, -0.15) is 0 Å². The molecule has 0 aromatic carbocycles. The van der Waals surface area contributed by atoms with E-state index in [4.69, 9.17) is 10.5 Å². The molecule has 0 unspecified atom stereocenters. The zero-order chi connectivity index (χ0) is 14.4. The number of ether oxygens (including phenoxy) is 1. The lowest BCUT2D eigenvalue weighted by molar-refractivity contribution is -0.137. The Morgan fingerprint density at radius 2 is 1.85 bits per heavy atom. The molecule has 0 aromatic rings. The molecule has 3 N–H and O–H groups in total. The minimum atomic E-state index is -0.392. The van der Waals surface area contributed by atoms with Gasteiger partial charge in [-0.3, -0.25) is 4.79 Å². The van der Waals surface area contributed by atoms with Crippen LogP contribution in [0.4, 0.5) is 0 Å². The highest BCUT2D eigenvalue weighted by atomic mass is 16.5. The molecule has 116 valence electrons. The van der Waals surface area contributed by atoms with Gasteiger partial charge in [-0.25, -0.2) is 0 Å². The van der Waals surface area contributed by atoms with Crippen molar-refractivity contribution in [1.82, 2.24) is 5.32 Å². The van der Waals surface area contributed by atoms with Crippen LogP contribution < -0.4 is 11.1 Å². The molecular weight excluding hydrogens is 252 g/mol. The summed E-state index contributed by atoms with van der Waals surface area (Å²) in [6.07, 6.45) is 9.32. The van der Waals surface area contributed by atoms with Crippen LogP contribution in [0, 0.1) is 11.3 Å². The summed E-state index contributed by atoms with van der Waals surface area (Å²) < 4.78 is 5.38. The normalized spacial score (nSPS) is 25.7. The predicted molar refractivity (Wildman–Crippen MR) is 80.3 cm³/mol. The number of nitrogens with two attached hydrogens (primary N) is 1. The van der Waals surface area contributed by atoms with Crippen LogP contribution in [0.15, 0.2) is 0 Å². The smallest absolute Gasteiger partial charge is 0.227 e. The molecule has 4 nitrogen and oxygen atoms in total. The monoisotopic (exact) mass is 282 g/mol. The molecule has 0 aromatic heterocycles. The molecule has 1 aliphatic heterocycles. The van der Waals surface area contributed by atoms with Crippen LogP contribution >= 0.6 is 0 Å². The van der Waals surface area contributed by atoms with Crippen LogP contribution in [0.5, 0.6) is 0 Å². The van der Waals surface area contributed by atoms with Crippen LogP contribution in [0.3, 0.4) is 0 Å². The third-order valence-electron chi connectivity index (χ3n) is 5.29. The van der Waals surface area contributed by atoms with E-state index in [-0.39, 0.29) is 11.9 Å². The van der Waals surface area contributed by atoms with Crippen molar-refractivity contribution in [3.63, 3.8) is 0 Å². The first kappa shape index (κ1) is 15.8. The highest BCUT2D eigenvalue weighted by Gasteiger charge is 2.39. The van der Waals surface area contributed by atoms with E-state index in [0.717, 1.165) is 12.8 Å². The van der Waals surface area contributed by atoms with Crippen molar-refractivity contribution in [1.29, 1.82) is 0 Å². The van der Waals surface area contributed by atoms with E-state index in [9.17, 15) is 4.79 Å². The van der Waals surface area contributed by atoms with Gasteiger partial charge in [0.15, 0.2) is 0 Å². The Morgan fingerprint density at radius 1 is 1.25 bits per heavy atom. The van der Waals surface area contributed by atoms with Crippen LogP contribution in [0.2, 0.25) is 0 Å². The second-order valence-corrected chi connectivity index (χ2v) is 6.61. The summed E-state index contributed by atoms with van der Waals surface area (Å²) in [5.41, 5.74) is 5.51. The Balaban J connectivity index is 1.91. The van der Waals surface area contributed by atoms with Gasteiger partial charge >= 0.3 is 0 Å². The van der Waals surface area contributed by atoms with Gasteiger partial charge in [-0.05, 0) is 38.5 Å². The van der Waals surface area contributed by atoms with Crippen molar-refractivity contribution in [3.8, 4) is 0 Å². The average Bonchev–Trinajstić information content (AvgIpc) is 2.77. The summed E-state index contributed by atoms with van der Waals surface area (Å²) in [6.45, 7) is 3.90. The third-order valence-corrected chi connectivity index (χ3v) is 5.29. The van der Waals surface area contributed by atoms with E-state index in [1.54, 1.807) is 0 Å². The number of nitrogens with one attached hydrogen (secondary N) is 1. The van der Waals surface area contributed by atoms with Crippen LogP contribution in [0.25, 0.3) is 0 Å². The van der Waals surface area contributed by atoms with E-state index >= 15 is 0 Å². The van der Waals surface area contributed by atoms with Crippen molar-refractivity contribution in [2.75, 3.05) is 19.8 Å². The maximum atomic E-state index is 12.6. The molecule has 1 amide bonds. The maximum Gasteiger partial charge on any atom is 0.227 e. The number of carbonyl (C=O) groups excluding carboxylic acids is 1. The summed E-state index contributed by atoms with van der Waals surface area (Å²) >= 11 is 0. The van der Waals surface area contributed by atoms with Gasteiger partial charge in [0.25, 0.3) is 0 Å². The summed E-state index contributed by atoms with van der Waals surface area (Å²) in [4.78, 5) is 12.6. The predicted octanol–water partition coefficient (Wildman–Crippen LogP) is 2.22. The molecule has 2 rings (SSSR count). The Hall–Kier alpha value is -0.610. The Labute approximate surface area is 122 Å². The first-order valence-electron chi connectivity index (χ1n) is 8.27. The molecule has 1 saturated heterocycles. The minimum absolute atomic E-state index is 0.153. The molecule has 2 aliphatic rings. The Kier molecular flexibility index (Phi) is 5.85. The van der Waals surface area contributed by atoms with Crippen LogP contribution in [-0.4, -0.2) is 31.7 Å². The Bertz CT molecular complexity index is 306. The molecule has 0 radical (unpaired) electrons. The van der Waals surface area contributed by atoms with Gasteiger partial charge in [-0.15, -0.1) is 0 Å². The second kappa shape index (κ2) is 7.41. The third kappa shape index (κ3) is 3.73. The van der Waals surface area contributed by atoms with E-state index in [0.29, 0.717) is 25.7 Å². The van der Waals surface area contributed by atoms with E-state index in [2.05, 4.69) is 12.2 Å². The van der Waals surface area contributed by atoms with Gasteiger partial charge in [0.1, 0.15) is 0 Å². The second-order valence-electron chi connectivity index (χ2n) is 6.61. The average molecular weight is 282 g/mol. The van der Waals surface area contributed by atoms with Gasteiger partial charge in [0, 0.05) is 25.8 Å². The van der Waals surface area contributed by atoms with Crippen molar-refractivity contribution in [2.45, 2.75) is 64.3 Å². The SMILES string of the molecule is C[C@H](NC(=O)C1(CN)CCOCC1)C1CCCCCC1. The molecule has 0 spiro atoms. The first-order valence-corrected chi connectivity index (χ1v) is 8.27. The van der Waals surface area contributed by atoms with Crippen molar-refractivity contribution >= 4 is 5.91 Å². The molecule has 1 atom stereocenters. The fraction of sp³-hybridized carbons (Fsp3) is 0.938. The number of hydrogen-bond acceptors (Lipinski definition) is 3. The van der Waals surface area contributed by atoms with Gasteiger partial charge in [0.05, 0.1) is 5.41 Å². The fourth-order valence-electron chi connectivity index (χ4n) is 3.57. The lowest BCUT2D eigenvalue weighted by atomic mass is 9.78. The molecule has 4 heteroatoms. The topological polar surface area (TPSA) is 64.4 Å². The molecular formula is C16H30N2O2. The van der Waals surface area contributed by atoms with E-state index in [1.807, 2.05) is 0 Å². The molecule has 2 fully saturated rings. The minimum Gasteiger partial charge on any atom is -0.381 e. The van der Waals surface area contributed by atoms with Crippen molar-refractivity contribution in [3.05, 3.63) is 0 Å². The summed E-state index contributed by atoms with van der Waals surface area (Å²) in [6, 6.07) is 0.270. The van der Waals surface area contributed by atoms with Gasteiger partial charge < -0.3 is 15.8 Å². The fourth-order valence-corrected chi connectivity index (χ4v) is 3.57. The van der Waals surface area contributed by atoms with Crippen LogP contribution in [-0.2, 0) is 9.53 Å². The number of hydrogen-bond donors (Lipinski definition) is 2. The summed E-state index contributed by atoms with van der Waals surface area (Å²) in [5, 5.41) is 3.26. The van der Waals surface area contributed by atoms with Gasteiger partial charge in [-0.1, -0.05) is 25.7 Å². The molecule has 0 bridgehead atoms. The first-order chi connectivity index (χ1) is 9.68. The number of rotatable bonds is 4. The summed E-state index contributed by atoms with van der Waals surface area (Å²) in [7, 11) is 0. The lowest BCUT2D eigenvalue weighted by Gasteiger charge is -2.36. The standard InChI is InChI=1S/C16H30N2O2/c1-13(14-6-4-2-3-5-7-14)18-15(19)16(12-17)8-10-20-11-9-16/h13-14H,2-12,17H2,1H3,(H,18,19)/t13-/m0/s1. The van der Waals surface area contributed by atoms with Crippen LogP contribution in [0.1, 0.15) is 58.3 Å². The maximum absolute atomic E-state index is 12.6. The van der Waals surface area contributed by atoms with Gasteiger partial charge in [0.2, 0.25) is 5.91 Å². The van der Waals surface area contributed by atoms with Crippen molar-refractivity contribution in [2.24, 2.45) is 17.1 Å². The molecule has 20 heavy (non-hydrogen) atoms. The zero-order valence-corrected chi connectivity index (χ0v) is 12.8. The molecule has 1 heterocycles. The Morgan fingerprint density at radius 3 is 2.40 bits per heavy atom. The largest absolute Gasteiger partial charge is 0.381 e. The lowest BCUT2D eigenvalue weighted by Crippen LogP contribution is -2.52. The van der Waals surface area contributed by atoms with E-state index in [1.165, 1.54) is 38.5 Å². The highest BCUT2D eigenvalue weighted by molar-refractivity contribution is 5.83. The zero-order valence-electron chi connectivity index (χ0n) is 12.8. The highest BCUT2D eigenvalue weighted by Crippen LogP contribution is 2.31. The quantitative estimate of drug-likeness (QED) is 0.777. The molecule has 1 aliphatic carbocycles. The number of amides is 1. The van der Waals surface area contributed by atoms with E-state index < -0.39 is 5.41 Å².